The zero-order valence-corrected chi connectivity index (χ0v) is 35.5. The molecule has 1 unspecified atom stereocenters. The molecule has 1 amide bonds. The first-order valence-corrected chi connectivity index (χ1v) is 22.0. The number of hydrogen-bond acceptors (Lipinski definition) is 7. The number of aryl methyl sites for hydroxylation is 1. The lowest BCUT2D eigenvalue weighted by Gasteiger charge is -2.47. The molecule has 1 fully saturated rings. The Bertz CT molecular complexity index is 2140. The number of rotatable bonds is 18. The minimum Gasteiger partial charge on any atom is -0.494 e. The minimum atomic E-state index is -1.12. The molecule has 1 saturated carbocycles. The van der Waals surface area contributed by atoms with Crippen LogP contribution in [0.25, 0.3) is 0 Å². The number of carbonyl (C=O) groups excluding carboxylic acids is 1. The van der Waals surface area contributed by atoms with Crippen LogP contribution in [0.3, 0.4) is 0 Å². The molecule has 7 rings (SSSR count). The SMILES string of the molecule is C[C@@H](COc1ccnc2c1[C@H](C)CCC2)CC1Cc2ccc(OCCCCC(=O)N[C@H](Cc3ccccc3)C(=O)O)cc2C12CCC(Nc1cccc(Cl)c1)(C(=O)O)CC2. The van der Waals surface area contributed by atoms with E-state index in [9.17, 15) is 24.6 Å². The van der Waals surface area contributed by atoms with Crippen molar-refractivity contribution in [2.24, 2.45) is 11.8 Å². The van der Waals surface area contributed by atoms with Gasteiger partial charge >= 0.3 is 11.9 Å². The lowest BCUT2D eigenvalue weighted by molar-refractivity contribution is -0.144. The van der Waals surface area contributed by atoms with E-state index in [0.29, 0.717) is 74.3 Å². The van der Waals surface area contributed by atoms with E-state index in [2.05, 4.69) is 41.6 Å². The van der Waals surface area contributed by atoms with E-state index in [4.69, 9.17) is 21.1 Å². The second-order valence-corrected chi connectivity index (χ2v) is 17.9. The molecule has 1 spiro atoms. The van der Waals surface area contributed by atoms with Crippen LogP contribution < -0.4 is 20.1 Å². The van der Waals surface area contributed by atoms with Gasteiger partial charge in [-0.3, -0.25) is 9.78 Å². The van der Waals surface area contributed by atoms with Crippen LogP contribution in [0.1, 0.15) is 112 Å². The lowest BCUT2D eigenvalue weighted by atomic mass is 9.59. The van der Waals surface area contributed by atoms with Gasteiger partial charge in [0.15, 0.2) is 0 Å². The average Bonchev–Trinajstić information content (AvgIpc) is 3.51. The summed E-state index contributed by atoms with van der Waals surface area (Å²) in [6, 6.07) is 23.9. The topological polar surface area (TPSA) is 147 Å². The molecular formula is C49H58ClN3O7. The van der Waals surface area contributed by atoms with Crippen molar-refractivity contribution in [3.63, 3.8) is 0 Å². The second-order valence-electron chi connectivity index (χ2n) is 17.5. The number of hydrogen-bond donors (Lipinski definition) is 4. The number of nitrogens with zero attached hydrogens (tertiary/aromatic N) is 1. The molecule has 11 heteroatoms. The molecule has 0 aliphatic heterocycles. The summed E-state index contributed by atoms with van der Waals surface area (Å²) in [6.07, 6.45) is 10.9. The molecule has 1 aromatic heterocycles. The number of nitrogens with one attached hydrogen (secondary N) is 2. The molecule has 10 nitrogen and oxygen atoms in total. The Morgan fingerprint density at radius 1 is 0.950 bits per heavy atom. The van der Waals surface area contributed by atoms with Gasteiger partial charge in [0.1, 0.15) is 23.1 Å². The van der Waals surface area contributed by atoms with Crippen molar-refractivity contribution in [3.05, 3.63) is 118 Å². The number of fused-ring (bicyclic) bond motifs is 3. The zero-order chi connectivity index (χ0) is 42.3. The first kappa shape index (κ1) is 43.0. The fourth-order valence-corrected chi connectivity index (χ4v) is 10.3. The number of anilines is 1. The molecule has 318 valence electrons. The Hall–Kier alpha value is -5.09. The molecule has 4 N–H and O–H groups in total. The summed E-state index contributed by atoms with van der Waals surface area (Å²) >= 11 is 6.30. The molecule has 60 heavy (non-hydrogen) atoms. The first-order valence-electron chi connectivity index (χ1n) is 21.6. The summed E-state index contributed by atoms with van der Waals surface area (Å²) in [5.41, 5.74) is 5.13. The van der Waals surface area contributed by atoms with Crippen molar-refractivity contribution in [2.45, 2.75) is 120 Å². The van der Waals surface area contributed by atoms with Gasteiger partial charge < -0.3 is 30.3 Å². The number of amides is 1. The van der Waals surface area contributed by atoms with Gasteiger partial charge in [0, 0.05) is 41.0 Å². The van der Waals surface area contributed by atoms with Gasteiger partial charge in [-0.25, -0.2) is 9.59 Å². The molecule has 0 saturated heterocycles. The average molecular weight is 836 g/mol. The normalized spacial score (nSPS) is 22.9. The molecule has 4 atom stereocenters. The van der Waals surface area contributed by atoms with E-state index in [0.717, 1.165) is 54.9 Å². The van der Waals surface area contributed by atoms with Crippen LogP contribution in [0.15, 0.2) is 85.1 Å². The third kappa shape index (κ3) is 9.92. The fourth-order valence-electron chi connectivity index (χ4n) is 10.1. The van der Waals surface area contributed by atoms with E-state index in [-0.39, 0.29) is 30.1 Å². The van der Waals surface area contributed by atoms with E-state index in [1.165, 1.54) is 16.7 Å². The minimum absolute atomic E-state index is 0.204. The summed E-state index contributed by atoms with van der Waals surface area (Å²) in [6.45, 7) is 5.53. The highest BCUT2D eigenvalue weighted by Crippen LogP contribution is 2.57. The smallest absolute Gasteiger partial charge is 0.329 e. The highest BCUT2D eigenvalue weighted by atomic mass is 35.5. The van der Waals surface area contributed by atoms with Crippen molar-refractivity contribution < 1.29 is 34.1 Å². The van der Waals surface area contributed by atoms with Crippen LogP contribution >= 0.6 is 11.6 Å². The number of ether oxygens (including phenoxy) is 2. The largest absolute Gasteiger partial charge is 0.494 e. The van der Waals surface area contributed by atoms with E-state index < -0.39 is 23.5 Å². The Morgan fingerprint density at radius 2 is 1.75 bits per heavy atom. The van der Waals surface area contributed by atoms with Gasteiger partial charge in [0.2, 0.25) is 5.91 Å². The number of aromatic nitrogens is 1. The Morgan fingerprint density at radius 3 is 2.50 bits per heavy atom. The standard InChI is InChI=1S/C49H58ClN3O7/c1-32(31-60-43-19-24-51-41-15-8-10-33(2)45(41)43)26-36-28-35-17-18-39(59-25-7-6-16-44(54)52-42(46(55)56)27-34-11-4-3-5-12-34)30-40(35)48(36)20-22-49(23-21-48,47(57)58)53-38-14-9-13-37(50)29-38/h3-5,9,11-14,17-19,24,29-30,32-33,36,42,53H,6-8,10,15-16,20-23,25-28,31H2,1-2H3,(H,52,54)(H,55,56)(H,57,58)/t32-,33-,36?,42-,48?,49?/m1/s1. The maximum absolute atomic E-state index is 13.1. The molecule has 0 radical (unpaired) electrons. The van der Waals surface area contributed by atoms with Crippen LogP contribution in [0.2, 0.25) is 5.02 Å². The monoisotopic (exact) mass is 835 g/mol. The molecule has 3 aliphatic rings. The predicted molar refractivity (Wildman–Crippen MR) is 233 cm³/mol. The molecular weight excluding hydrogens is 778 g/mol. The van der Waals surface area contributed by atoms with Crippen LogP contribution in [0, 0.1) is 11.8 Å². The highest BCUT2D eigenvalue weighted by Gasteiger charge is 2.54. The van der Waals surface area contributed by atoms with E-state index >= 15 is 0 Å². The zero-order valence-electron chi connectivity index (χ0n) is 34.8. The summed E-state index contributed by atoms with van der Waals surface area (Å²) in [4.78, 5) is 42.3. The van der Waals surface area contributed by atoms with Crippen molar-refractivity contribution in [2.75, 3.05) is 18.5 Å². The molecule has 4 aromatic rings. The number of unbranched alkanes of at least 4 members (excludes halogenated alkanes) is 1. The van der Waals surface area contributed by atoms with E-state index in [1.807, 2.05) is 60.8 Å². The summed E-state index contributed by atoms with van der Waals surface area (Å²) < 4.78 is 12.9. The van der Waals surface area contributed by atoms with Crippen LogP contribution in [-0.4, -0.2) is 57.8 Å². The number of carboxylic acid groups (broad SMARTS) is 2. The van der Waals surface area contributed by atoms with E-state index in [1.54, 1.807) is 12.1 Å². The number of halogens is 1. The number of carboxylic acids is 2. The molecule has 3 aromatic carbocycles. The Labute approximate surface area is 358 Å². The summed E-state index contributed by atoms with van der Waals surface area (Å²) in [5.74, 6) is 0.479. The lowest BCUT2D eigenvalue weighted by Crippen LogP contribution is -2.53. The quantitative estimate of drug-likeness (QED) is 0.0720. The summed E-state index contributed by atoms with van der Waals surface area (Å²) in [7, 11) is 0. The van der Waals surface area contributed by atoms with Crippen LogP contribution in [0.4, 0.5) is 5.69 Å². The van der Waals surface area contributed by atoms with Gasteiger partial charge in [-0.1, -0.05) is 67.9 Å². The van der Waals surface area contributed by atoms with Gasteiger partial charge in [0.25, 0.3) is 0 Å². The number of pyridine rings is 1. The van der Waals surface area contributed by atoms with Crippen LogP contribution in [0.5, 0.6) is 11.5 Å². The summed E-state index contributed by atoms with van der Waals surface area (Å²) in [5, 5.41) is 27.0. The third-order valence-corrected chi connectivity index (χ3v) is 13.5. The maximum Gasteiger partial charge on any atom is 0.329 e. The van der Waals surface area contributed by atoms with Gasteiger partial charge in [0.05, 0.1) is 13.2 Å². The first-order chi connectivity index (χ1) is 28.9. The van der Waals surface area contributed by atoms with Crippen molar-refractivity contribution >= 4 is 35.1 Å². The number of aliphatic carboxylic acids is 2. The van der Waals surface area contributed by atoms with Gasteiger partial charge in [-0.15, -0.1) is 0 Å². The van der Waals surface area contributed by atoms with Crippen molar-refractivity contribution in [3.8, 4) is 11.5 Å². The second kappa shape index (κ2) is 19.1. The van der Waals surface area contributed by atoms with Gasteiger partial charge in [-0.2, -0.15) is 0 Å². The number of carbonyl (C=O) groups is 3. The fraction of sp³-hybridized carbons (Fsp3) is 0.469. The number of benzene rings is 3. The Kier molecular flexibility index (Phi) is 13.7. The molecule has 1 heterocycles. The third-order valence-electron chi connectivity index (χ3n) is 13.2. The van der Waals surface area contributed by atoms with Gasteiger partial charge in [-0.05, 0) is 147 Å². The van der Waals surface area contributed by atoms with Crippen molar-refractivity contribution in [1.29, 1.82) is 0 Å². The maximum atomic E-state index is 13.1. The highest BCUT2D eigenvalue weighted by molar-refractivity contribution is 6.30. The molecule has 0 bridgehead atoms. The molecule has 3 aliphatic carbocycles. The van der Waals surface area contributed by atoms with Crippen molar-refractivity contribution in [1.82, 2.24) is 10.3 Å². The van der Waals surface area contributed by atoms with Crippen LogP contribution in [-0.2, 0) is 39.1 Å². The predicted octanol–water partition coefficient (Wildman–Crippen LogP) is 9.56. The Balaban J connectivity index is 1.02.